The van der Waals surface area contributed by atoms with Crippen LogP contribution in [0.4, 0.5) is 25.0 Å². The number of aromatic nitrogens is 2. The van der Waals surface area contributed by atoms with Gasteiger partial charge in [0, 0.05) is 25.3 Å². The van der Waals surface area contributed by atoms with Gasteiger partial charge in [-0.1, -0.05) is 6.92 Å². The van der Waals surface area contributed by atoms with Crippen molar-refractivity contribution in [1.29, 1.82) is 0 Å². The molecule has 3 heterocycles. The summed E-state index contributed by atoms with van der Waals surface area (Å²) in [5.41, 5.74) is 0.837. The van der Waals surface area contributed by atoms with Crippen molar-refractivity contribution in [3.63, 3.8) is 0 Å². The minimum Gasteiger partial charge on any atom is -0.444 e. The highest BCUT2D eigenvalue weighted by Gasteiger charge is 2.29. The zero-order chi connectivity index (χ0) is 23.5. The lowest BCUT2D eigenvalue weighted by atomic mass is 9.95. The number of nitrogens with zero attached hydrogens (tertiary/aromatic N) is 3. The molecule has 10 heteroatoms. The van der Waals surface area contributed by atoms with Crippen LogP contribution in [0.2, 0.25) is 0 Å². The Labute approximate surface area is 195 Å². The number of halogens is 3. The molecule has 0 unspecified atom stereocenters. The van der Waals surface area contributed by atoms with Gasteiger partial charge in [-0.25, -0.2) is 19.2 Å². The first-order valence-electron chi connectivity index (χ1n) is 10.5. The summed E-state index contributed by atoms with van der Waals surface area (Å²) in [5, 5.41) is 5.97. The predicted octanol–water partition coefficient (Wildman–Crippen LogP) is 4.87. The van der Waals surface area contributed by atoms with Gasteiger partial charge in [0.25, 0.3) is 0 Å². The summed E-state index contributed by atoms with van der Waals surface area (Å²) in [4.78, 5) is 22.1. The van der Waals surface area contributed by atoms with E-state index < -0.39 is 23.5 Å². The molecule has 174 valence electrons. The van der Waals surface area contributed by atoms with Gasteiger partial charge in [0.2, 0.25) is 5.95 Å². The minimum absolute atomic E-state index is 0.101. The predicted molar refractivity (Wildman–Crippen MR) is 123 cm³/mol. The Balaban J connectivity index is 1.75. The Hall–Kier alpha value is -2.49. The van der Waals surface area contributed by atoms with Crippen LogP contribution in [0.5, 0.6) is 0 Å². The van der Waals surface area contributed by atoms with E-state index in [9.17, 15) is 13.6 Å². The molecule has 1 amide bonds. The molecule has 1 saturated heterocycles. The van der Waals surface area contributed by atoms with Crippen LogP contribution in [0.25, 0.3) is 0 Å². The van der Waals surface area contributed by atoms with Crippen LogP contribution in [-0.2, 0) is 11.3 Å². The number of carbonyl (C=O) groups is 1. The molecular formula is C22H28BrF2N5O2. The fourth-order valence-corrected chi connectivity index (χ4v) is 4.07. The summed E-state index contributed by atoms with van der Waals surface area (Å²) in [5.74, 6) is -0.839. The molecule has 7 nitrogen and oxygen atoms in total. The maximum absolute atomic E-state index is 14.7. The van der Waals surface area contributed by atoms with E-state index in [0.29, 0.717) is 24.5 Å². The van der Waals surface area contributed by atoms with Crippen LogP contribution in [-0.4, -0.2) is 40.8 Å². The van der Waals surface area contributed by atoms with Gasteiger partial charge in [0.15, 0.2) is 5.82 Å². The molecule has 0 bridgehead atoms. The molecule has 1 fully saturated rings. The van der Waals surface area contributed by atoms with E-state index in [4.69, 9.17) is 4.74 Å². The van der Waals surface area contributed by atoms with Crippen molar-refractivity contribution >= 4 is 33.4 Å². The van der Waals surface area contributed by atoms with Crippen molar-refractivity contribution in [3.05, 3.63) is 46.5 Å². The van der Waals surface area contributed by atoms with E-state index >= 15 is 0 Å². The number of pyridine rings is 2. The van der Waals surface area contributed by atoms with Crippen molar-refractivity contribution in [2.24, 2.45) is 5.92 Å². The maximum Gasteiger partial charge on any atom is 0.407 e. The lowest BCUT2D eigenvalue weighted by molar-refractivity contribution is 0.0495. The number of piperidine rings is 1. The zero-order valence-corrected chi connectivity index (χ0v) is 20.2. The van der Waals surface area contributed by atoms with Gasteiger partial charge in [0.1, 0.15) is 15.9 Å². The smallest absolute Gasteiger partial charge is 0.407 e. The van der Waals surface area contributed by atoms with Gasteiger partial charge in [-0.05, 0) is 67.2 Å². The molecule has 2 aromatic heterocycles. The highest BCUT2D eigenvalue weighted by Crippen LogP contribution is 2.31. The number of alkyl carbamates (subject to hydrolysis) is 1. The fourth-order valence-electron chi connectivity index (χ4n) is 3.71. The summed E-state index contributed by atoms with van der Waals surface area (Å²) < 4.78 is 33.6. The van der Waals surface area contributed by atoms with Crippen LogP contribution in [0, 0.1) is 17.7 Å². The molecule has 2 aromatic rings. The van der Waals surface area contributed by atoms with Gasteiger partial charge >= 0.3 is 6.09 Å². The molecule has 1 aliphatic rings. The van der Waals surface area contributed by atoms with E-state index in [0.717, 1.165) is 6.42 Å². The summed E-state index contributed by atoms with van der Waals surface area (Å²) in [6.45, 7) is 8.92. The van der Waals surface area contributed by atoms with E-state index in [1.54, 1.807) is 6.07 Å². The van der Waals surface area contributed by atoms with Crippen molar-refractivity contribution in [3.8, 4) is 0 Å². The number of rotatable bonds is 5. The fraction of sp³-hybridized carbons (Fsp3) is 0.500. The molecular weight excluding hydrogens is 484 g/mol. The van der Waals surface area contributed by atoms with E-state index in [1.807, 2.05) is 25.7 Å². The standard InChI is InChI=1S/C22H28BrF2N5O2/c1-13-9-15(29-21(31)32-22(2,3)4)12-30(11-13)17-7-8-26-20(25)18(17)27-10-14-5-6-16(24)19(23)28-14/h5-8,13,15,27H,9-12H2,1-4H3,(H,29,31)/t13-,15+/m1/s1. The second-order valence-electron chi connectivity index (χ2n) is 9.01. The van der Waals surface area contributed by atoms with Crippen molar-refractivity contribution in [2.75, 3.05) is 23.3 Å². The quantitative estimate of drug-likeness (QED) is 0.557. The van der Waals surface area contributed by atoms with Gasteiger partial charge in [-0.3, -0.25) is 0 Å². The van der Waals surface area contributed by atoms with Crippen LogP contribution in [0.15, 0.2) is 29.0 Å². The normalized spacial score (nSPS) is 18.9. The topological polar surface area (TPSA) is 79.4 Å². The third-order valence-electron chi connectivity index (χ3n) is 4.91. The van der Waals surface area contributed by atoms with Crippen molar-refractivity contribution in [2.45, 2.75) is 52.3 Å². The molecule has 0 radical (unpaired) electrons. The van der Waals surface area contributed by atoms with Gasteiger partial charge in [0.05, 0.1) is 17.9 Å². The summed E-state index contributed by atoms with van der Waals surface area (Å²) >= 11 is 3.06. The average Bonchev–Trinajstić information content (AvgIpc) is 2.67. The Morgan fingerprint density at radius 2 is 2.03 bits per heavy atom. The molecule has 3 rings (SSSR count). The van der Waals surface area contributed by atoms with Crippen LogP contribution >= 0.6 is 15.9 Å². The van der Waals surface area contributed by atoms with Gasteiger partial charge in [-0.15, -0.1) is 0 Å². The number of nitrogens with one attached hydrogen (secondary N) is 2. The highest BCUT2D eigenvalue weighted by molar-refractivity contribution is 9.10. The molecule has 0 spiro atoms. The second kappa shape index (κ2) is 9.97. The monoisotopic (exact) mass is 511 g/mol. The lowest BCUT2D eigenvalue weighted by Crippen LogP contribution is -2.51. The van der Waals surface area contributed by atoms with Crippen LogP contribution in [0.3, 0.4) is 0 Å². The zero-order valence-electron chi connectivity index (χ0n) is 18.6. The third-order valence-corrected chi connectivity index (χ3v) is 5.47. The van der Waals surface area contributed by atoms with Crippen molar-refractivity contribution < 1.29 is 18.3 Å². The minimum atomic E-state index is -0.640. The Morgan fingerprint density at radius 3 is 2.72 bits per heavy atom. The molecule has 1 aliphatic heterocycles. The van der Waals surface area contributed by atoms with Crippen molar-refractivity contribution in [1.82, 2.24) is 15.3 Å². The first-order chi connectivity index (χ1) is 15.0. The third kappa shape index (κ3) is 6.51. The number of ether oxygens (including phenoxy) is 1. The summed E-state index contributed by atoms with van der Waals surface area (Å²) in [6, 6.07) is 4.42. The van der Waals surface area contributed by atoms with E-state index in [1.165, 1.54) is 18.3 Å². The van der Waals surface area contributed by atoms with E-state index in [2.05, 4.69) is 43.5 Å². The van der Waals surface area contributed by atoms with Gasteiger partial charge in [-0.2, -0.15) is 4.39 Å². The summed E-state index contributed by atoms with van der Waals surface area (Å²) in [7, 11) is 0. The van der Waals surface area contributed by atoms with Gasteiger partial charge < -0.3 is 20.3 Å². The second-order valence-corrected chi connectivity index (χ2v) is 9.76. The van der Waals surface area contributed by atoms with E-state index in [-0.39, 0.29) is 28.8 Å². The molecule has 32 heavy (non-hydrogen) atoms. The van der Waals surface area contributed by atoms with Crippen LogP contribution in [0.1, 0.15) is 39.8 Å². The number of hydrogen-bond acceptors (Lipinski definition) is 6. The lowest BCUT2D eigenvalue weighted by Gasteiger charge is -2.39. The molecule has 0 aromatic carbocycles. The number of amides is 1. The van der Waals surface area contributed by atoms with Crippen LogP contribution < -0.4 is 15.5 Å². The highest BCUT2D eigenvalue weighted by atomic mass is 79.9. The molecule has 2 atom stereocenters. The summed E-state index contributed by atoms with van der Waals surface area (Å²) in [6.07, 6.45) is 1.74. The Morgan fingerprint density at radius 1 is 1.28 bits per heavy atom. The molecule has 0 aliphatic carbocycles. The maximum atomic E-state index is 14.7. The number of carbonyl (C=O) groups excluding carboxylic acids is 1. The Bertz CT molecular complexity index is 970. The first kappa shape index (κ1) is 24.2. The Kier molecular flexibility index (Phi) is 7.53. The number of anilines is 2. The number of hydrogen-bond donors (Lipinski definition) is 2. The average molecular weight is 512 g/mol. The largest absolute Gasteiger partial charge is 0.444 e. The molecule has 0 saturated carbocycles. The molecule has 2 N–H and O–H groups in total. The first-order valence-corrected chi connectivity index (χ1v) is 11.2. The SMILES string of the molecule is C[C@@H]1C[C@H](NC(=O)OC(C)(C)C)CN(c2ccnc(F)c2NCc2ccc(F)c(Br)n2)C1.